The van der Waals surface area contributed by atoms with Crippen molar-refractivity contribution in [2.45, 2.75) is 31.8 Å². The highest BCUT2D eigenvalue weighted by Crippen LogP contribution is 2.32. The Morgan fingerprint density at radius 3 is 2.21 bits per heavy atom. The number of carbonyl (C=O) groups excluding carboxylic acids is 3. The van der Waals surface area contributed by atoms with Crippen LogP contribution in [0.4, 0.5) is 9.18 Å². The van der Waals surface area contributed by atoms with Crippen LogP contribution in [-0.2, 0) is 15.1 Å². The number of benzene rings is 3. The van der Waals surface area contributed by atoms with Crippen molar-refractivity contribution in [1.29, 1.82) is 0 Å². The first-order valence-corrected chi connectivity index (χ1v) is 11.2. The molecule has 0 unspecified atom stereocenters. The van der Waals surface area contributed by atoms with E-state index in [4.69, 9.17) is 0 Å². The van der Waals surface area contributed by atoms with Gasteiger partial charge in [-0.1, -0.05) is 73.7 Å². The molecule has 3 aromatic rings. The molecule has 2 atom stereocenters. The number of hydrogen-bond donors (Lipinski definition) is 2. The highest BCUT2D eigenvalue weighted by Gasteiger charge is 2.51. The fraction of sp³-hybridized carbons (Fsp3) is 0.222. The zero-order chi connectivity index (χ0) is 24.3. The summed E-state index contributed by atoms with van der Waals surface area (Å²) in [6.07, 6.45) is 0.269. The highest BCUT2D eigenvalue weighted by molar-refractivity contribution is 6.09. The van der Waals surface area contributed by atoms with Crippen LogP contribution in [0.25, 0.3) is 11.1 Å². The second-order valence-electron chi connectivity index (χ2n) is 8.36. The number of halogens is 1. The van der Waals surface area contributed by atoms with Gasteiger partial charge in [-0.05, 0) is 47.7 Å². The van der Waals surface area contributed by atoms with E-state index in [0.29, 0.717) is 5.56 Å². The van der Waals surface area contributed by atoms with Gasteiger partial charge < -0.3 is 10.6 Å². The van der Waals surface area contributed by atoms with E-state index in [9.17, 15) is 18.8 Å². The van der Waals surface area contributed by atoms with Gasteiger partial charge in [-0.3, -0.25) is 14.5 Å². The second-order valence-corrected chi connectivity index (χ2v) is 8.36. The molecule has 174 valence electrons. The van der Waals surface area contributed by atoms with E-state index in [1.54, 1.807) is 6.92 Å². The van der Waals surface area contributed by atoms with Crippen molar-refractivity contribution in [3.8, 4) is 11.1 Å². The SMILES string of the molecule is CC[C@@]1(c2ccc(F)cc2)NC(=O)N(CC(=O)N[C@@H](C)c2ccc(-c3ccccc3)cc2)C1=O. The zero-order valence-corrected chi connectivity index (χ0v) is 19.0. The Morgan fingerprint density at radius 1 is 0.971 bits per heavy atom. The summed E-state index contributed by atoms with van der Waals surface area (Å²) in [5, 5.41) is 5.55. The van der Waals surface area contributed by atoms with Crippen LogP contribution < -0.4 is 10.6 Å². The number of urea groups is 1. The standard InChI is InChI=1S/C27H26FN3O3/c1-3-27(22-13-15-23(28)16-14-22)25(33)31(26(34)30-27)17-24(32)29-18(2)19-9-11-21(12-10-19)20-7-5-4-6-8-20/h4-16,18H,3,17H2,1-2H3,(H,29,32)(H,30,34)/t18-,27-/m0/s1. The molecule has 0 spiro atoms. The van der Waals surface area contributed by atoms with Gasteiger partial charge in [0.1, 0.15) is 17.9 Å². The summed E-state index contributed by atoms with van der Waals surface area (Å²) in [5.41, 5.74) is 2.23. The first-order valence-electron chi connectivity index (χ1n) is 11.2. The van der Waals surface area contributed by atoms with E-state index in [-0.39, 0.29) is 12.5 Å². The van der Waals surface area contributed by atoms with E-state index < -0.39 is 35.7 Å². The van der Waals surface area contributed by atoms with Crippen LogP contribution in [0.2, 0.25) is 0 Å². The first-order chi connectivity index (χ1) is 16.3. The molecule has 1 aliphatic rings. The molecule has 0 aliphatic carbocycles. The third-order valence-corrected chi connectivity index (χ3v) is 6.24. The van der Waals surface area contributed by atoms with Gasteiger partial charge in [0.05, 0.1) is 6.04 Å². The molecule has 0 saturated carbocycles. The van der Waals surface area contributed by atoms with Gasteiger partial charge >= 0.3 is 6.03 Å². The van der Waals surface area contributed by atoms with E-state index in [1.807, 2.05) is 61.5 Å². The molecule has 0 radical (unpaired) electrons. The second kappa shape index (κ2) is 9.47. The molecule has 1 fully saturated rings. The number of nitrogens with zero attached hydrogens (tertiary/aromatic N) is 1. The molecule has 3 aromatic carbocycles. The molecule has 0 bridgehead atoms. The molecule has 7 heteroatoms. The van der Waals surface area contributed by atoms with Gasteiger partial charge in [0.25, 0.3) is 5.91 Å². The van der Waals surface area contributed by atoms with Crippen molar-refractivity contribution in [2.75, 3.05) is 6.54 Å². The largest absolute Gasteiger partial charge is 0.348 e. The number of hydrogen-bond acceptors (Lipinski definition) is 3. The monoisotopic (exact) mass is 459 g/mol. The number of carbonyl (C=O) groups is 3. The van der Waals surface area contributed by atoms with Crippen molar-refractivity contribution in [3.05, 3.63) is 95.8 Å². The van der Waals surface area contributed by atoms with Crippen molar-refractivity contribution in [1.82, 2.24) is 15.5 Å². The van der Waals surface area contributed by atoms with Crippen LogP contribution in [0.1, 0.15) is 37.4 Å². The lowest BCUT2D eigenvalue weighted by atomic mass is 9.87. The molecule has 2 N–H and O–H groups in total. The lowest BCUT2D eigenvalue weighted by Crippen LogP contribution is -2.45. The Bertz CT molecular complexity index is 1200. The quantitative estimate of drug-likeness (QED) is 0.510. The van der Waals surface area contributed by atoms with E-state index in [0.717, 1.165) is 21.6 Å². The van der Waals surface area contributed by atoms with E-state index >= 15 is 0 Å². The number of rotatable bonds is 7. The van der Waals surface area contributed by atoms with Crippen molar-refractivity contribution >= 4 is 17.8 Å². The number of nitrogens with one attached hydrogen (secondary N) is 2. The Hall–Kier alpha value is -4.00. The summed E-state index contributed by atoms with van der Waals surface area (Å²) in [6, 6.07) is 22.3. The van der Waals surface area contributed by atoms with Crippen LogP contribution in [0.15, 0.2) is 78.9 Å². The lowest BCUT2D eigenvalue weighted by Gasteiger charge is -2.25. The normalized spacial score (nSPS) is 18.5. The zero-order valence-electron chi connectivity index (χ0n) is 19.0. The van der Waals surface area contributed by atoms with Crippen molar-refractivity contribution < 1.29 is 18.8 Å². The Morgan fingerprint density at radius 2 is 1.59 bits per heavy atom. The number of imide groups is 1. The molecule has 0 aromatic heterocycles. The predicted octanol–water partition coefficient (Wildman–Crippen LogP) is 4.53. The minimum atomic E-state index is -1.32. The average Bonchev–Trinajstić information content (AvgIpc) is 3.10. The number of amides is 4. The van der Waals surface area contributed by atoms with Crippen molar-refractivity contribution in [2.24, 2.45) is 0 Å². The molecule has 1 aliphatic heterocycles. The maximum Gasteiger partial charge on any atom is 0.325 e. The molecular weight excluding hydrogens is 433 g/mol. The highest BCUT2D eigenvalue weighted by atomic mass is 19.1. The molecule has 1 saturated heterocycles. The Kier molecular flexibility index (Phi) is 6.45. The minimum absolute atomic E-state index is 0.269. The molecule has 6 nitrogen and oxygen atoms in total. The van der Waals surface area contributed by atoms with Crippen LogP contribution in [0.3, 0.4) is 0 Å². The summed E-state index contributed by atoms with van der Waals surface area (Å²) in [7, 11) is 0. The smallest absolute Gasteiger partial charge is 0.325 e. The predicted molar refractivity (Wildman–Crippen MR) is 127 cm³/mol. The Balaban J connectivity index is 1.42. The Labute approximate surface area is 197 Å². The van der Waals surface area contributed by atoms with Gasteiger partial charge in [0, 0.05) is 0 Å². The maximum absolute atomic E-state index is 13.4. The van der Waals surface area contributed by atoms with Crippen LogP contribution in [0.5, 0.6) is 0 Å². The van der Waals surface area contributed by atoms with Crippen LogP contribution in [-0.4, -0.2) is 29.3 Å². The van der Waals surface area contributed by atoms with E-state index in [2.05, 4.69) is 10.6 Å². The molecule has 34 heavy (non-hydrogen) atoms. The summed E-state index contributed by atoms with van der Waals surface area (Å²) in [6.45, 7) is 3.20. The van der Waals surface area contributed by atoms with Gasteiger partial charge in [-0.25, -0.2) is 9.18 Å². The third-order valence-electron chi connectivity index (χ3n) is 6.24. The van der Waals surface area contributed by atoms with Crippen LogP contribution >= 0.6 is 0 Å². The maximum atomic E-state index is 13.4. The fourth-order valence-corrected chi connectivity index (χ4v) is 4.25. The minimum Gasteiger partial charge on any atom is -0.348 e. The van der Waals surface area contributed by atoms with Gasteiger partial charge in [0.2, 0.25) is 5.91 Å². The summed E-state index contributed by atoms with van der Waals surface area (Å²) < 4.78 is 13.4. The fourth-order valence-electron chi connectivity index (χ4n) is 4.25. The first kappa shape index (κ1) is 23.2. The molecule has 4 rings (SSSR count). The van der Waals surface area contributed by atoms with Crippen molar-refractivity contribution in [3.63, 3.8) is 0 Å². The van der Waals surface area contributed by atoms with Gasteiger partial charge in [0.15, 0.2) is 0 Å². The molecular formula is C27H26FN3O3. The summed E-state index contributed by atoms with van der Waals surface area (Å²) >= 11 is 0. The van der Waals surface area contributed by atoms with Crippen LogP contribution in [0, 0.1) is 5.82 Å². The van der Waals surface area contributed by atoms with E-state index in [1.165, 1.54) is 24.3 Å². The van der Waals surface area contributed by atoms with Gasteiger partial charge in [-0.2, -0.15) is 0 Å². The summed E-state index contributed by atoms with van der Waals surface area (Å²) in [5.74, 6) is -1.41. The molecule has 1 heterocycles. The topological polar surface area (TPSA) is 78.5 Å². The van der Waals surface area contributed by atoms with Gasteiger partial charge in [-0.15, -0.1) is 0 Å². The molecule has 4 amide bonds. The summed E-state index contributed by atoms with van der Waals surface area (Å²) in [4.78, 5) is 39.4. The lowest BCUT2D eigenvalue weighted by molar-refractivity contribution is -0.135. The third kappa shape index (κ3) is 4.41. The average molecular weight is 460 g/mol.